The number of benzene rings is 2. The third-order valence-electron chi connectivity index (χ3n) is 4.77. The summed E-state index contributed by atoms with van der Waals surface area (Å²) in [5, 5.41) is 2.96. The second-order valence-electron chi connectivity index (χ2n) is 7.06. The molecule has 6 nitrogen and oxygen atoms in total. The normalized spacial score (nSPS) is 13.5. The van der Waals surface area contributed by atoms with Crippen LogP contribution in [0.25, 0.3) is 0 Å². The van der Waals surface area contributed by atoms with Gasteiger partial charge in [0.2, 0.25) is 10.0 Å². The van der Waals surface area contributed by atoms with Crippen molar-refractivity contribution in [2.45, 2.75) is 39.8 Å². The van der Waals surface area contributed by atoms with E-state index >= 15 is 0 Å². The van der Waals surface area contributed by atoms with Gasteiger partial charge in [-0.05, 0) is 68.7 Å². The van der Waals surface area contributed by atoms with Crippen molar-refractivity contribution in [1.82, 2.24) is 5.32 Å². The highest BCUT2D eigenvalue weighted by atomic mass is 32.2. The summed E-state index contributed by atoms with van der Waals surface area (Å²) in [6.45, 7) is 7.71. The van der Waals surface area contributed by atoms with Crippen molar-refractivity contribution >= 4 is 21.6 Å². The number of nitrogens with zero attached hydrogens (tertiary/aromatic N) is 1. The number of amides is 1. The van der Waals surface area contributed by atoms with Crippen LogP contribution in [0.2, 0.25) is 0 Å². The maximum atomic E-state index is 12.5. The van der Waals surface area contributed by atoms with Crippen LogP contribution in [0.4, 0.5) is 5.69 Å². The summed E-state index contributed by atoms with van der Waals surface area (Å²) in [6.07, 6.45) is 0.452. The molecule has 2 aromatic rings. The number of ether oxygens (including phenoxy) is 1. The van der Waals surface area contributed by atoms with Crippen molar-refractivity contribution in [3.63, 3.8) is 0 Å². The molecular weight excluding hydrogens is 376 g/mol. The van der Waals surface area contributed by atoms with Gasteiger partial charge in [-0.25, -0.2) is 8.42 Å². The SMILES string of the molecule is Cc1ccc(C(C)NC(=O)C(C)Oc2ccc(N(C)S(C)(=O)=O)cc2)cc1C. The Balaban J connectivity index is 1.99. The van der Waals surface area contributed by atoms with E-state index in [0.717, 1.165) is 11.8 Å². The number of hydrogen-bond acceptors (Lipinski definition) is 4. The van der Waals surface area contributed by atoms with Gasteiger partial charge in [0.1, 0.15) is 5.75 Å². The highest BCUT2D eigenvalue weighted by Gasteiger charge is 2.18. The van der Waals surface area contributed by atoms with Crippen molar-refractivity contribution < 1.29 is 17.9 Å². The van der Waals surface area contributed by atoms with E-state index in [2.05, 4.69) is 18.3 Å². The maximum Gasteiger partial charge on any atom is 0.261 e. The minimum atomic E-state index is -3.32. The van der Waals surface area contributed by atoms with Crippen molar-refractivity contribution in [2.75, 3.05) is 17.6 Å². The molecule has 0 aliphatic carbocycles. The predicted octanol–water partition coefficient (Wildman–Crippen LogP) is 3.34. The Hall–Kier alpha value is -2.54. The van der Waals surface area contributed by atoms with E-state index in [4.69, 9.17) is 4.74 Å². The first kappa shape index (κ1) is 21.8. The zero-order valence-corrected chi connectivity index (χ0v) is 18.0. The molecule has 0 fully saturated rings. The number of nitrogens with one attached hydrogen (secondary N) is 1. The van der Waals surface area contributed by atoms with Crippen LogP contribution in [0.1, 0.15) is 36.6 Å². The Bertz CT molecular complexity index is 939. The molecule has 152 valence electrons. The maximum absolute atomic E-state index is 12.5. The van der Waals surface area contributed by atoms with Crippen LogP contribution in [0.15, 0.2) is 42.5 Å². The second-order valence-corrected chi connectivity index (χ2v) is 9.07. The molecule has 0 aliphatic heterocycles. The minimum absolute atomic E-state index is 0.136. The number of hydrogen-bond donors (Lipinski definition) is 1. The summed E-state index contributed by atoms with van der Waals surface area (Å²) < 4.78 is 30.0. The van der Waals surface area contributed by atoms with E-state index in [9.17, 15) is 13.2 Å². The Morgan fingerprint density at radius 1 is 1.04 bits per heavy atom. The fraction of sp³-hybridized carbons (Fsp3) is 0.381. The lowest BCUT2D eigenvalue weighted by Crippen LogP contribution is -2.37. The van der Waals surface area contributed by atoms with Crippen molar-refractivity contribution in [1.29, 1.82) is 0 Å². The average Bonchev–Trinajstić information content (AvgIpc) is 2.63. The minimum Gasteiger partial charge on any atom is -0.481 e. The highest BCUT2D eigenvalue weighted by molar-refractivity contribution is 7.92. The molecule has 2 unspecified atom stereocenters. The molecule has 0 aliphatic rings. The second kappa shape index (κ2) is 8.65. The lowest BCUT2D eigenvalue weighted by atomic mass is 10.0. The van der Waals surface area contributed by atoms with Gasteiger partial charge in [0.15, 0.2) is 6.10 Å². The summed E-state index contributed by atoms with van der Waals surface area (Å²) >= 11 is 0. The van der Waals surface area contributed by atoms with Crippen molar-refractivity contribution in [2.24, 2.45) is 0 Å². The smallest absolute Gasteiger partial charge is 0.261 e. The average molecular weight is 405 g/mol. The Kier molecular flexibility index (Phi) is 6.72. The molecule has 28 heavy (non-hydrogen) atoms. The molecule has 1 N–H and O–H groups in total. The molecule has 0 radical (unpaired) electrons. The van der Waals surface area contributed by atoms with E-state index in [1.54, 1.807) is 31.2 Å². The molecule has 2 rings (SSSR count). The predicted molar refractivity (Wildman–Crippen MR) is 112 cm³/mol. The quantitative estimate of drug-likeness (QED) is 0.768. The molecule has 2 aromatic carbocycles. The number of sulfonamides is 1. The summed E-state index contributed by atoms with van der Waals surface area (Å²) in [5.74, 6) is 0.273. The Morgan fingerprint density at radius 2 is 1.64 bits per heavy atom. The lowest BCUT2D eigenvalue weighted by Gasteiger charge is -2.20. The highest BCUT2D eigenvalue weighted by Crippen LogP contribution is 2.21. The van der Waals surface area contributed by atoms with Crippen LogP contribution in [0.3, 0.4) is 0 Å². The molecule has 2 atom stereocenters. The number of carbonyl (C=O) groups excluding carboxylic acids is 1. The topological polar surface area (TPSA) is 75.7 Å². The van der Waals surface area contributed by atoms with E-state index < -0.39 is 16.1 Å². The van der Waals surface area contributed by atoms with Crippen LogP contribution in [0, 0.1) is 13.8 Å². The fourth-order valence-corrected chi connectivity index (χ4v) is 3.14. The molecule has 0 heterocycles. The van der Waals surface area contributed by atoms with Gasteiger partial charge < -0.3 is 10.1 Å². The van der Waals surface area contributed by atoms with Gasteiger partial charge in [-0.1, -0.05) is 18.2 Å². The number of anilines is 1. The first-order valence-electron chi connectivity index (χ1n) is 9.07. The summed E-state index contributed by atoms with van der Waals surface area (Å²) in [5.41, 5.74) is 3.96. The third-order valence-corrected chi connectivity index (χ3v) is 5.98. The summed E-state index contributed by atoms with van der Waals surface area (Å²) in [4.78, 5) is 12.5. The molecule has 1 amide bonds. The Labute approximate surface area is 167 Å². The summed E-state index contributed by atoms with van der Waals surface area (Å²) in [6, 6.07) is 12.6. The monoisotopic (exact) mass is 404 g/mol. The molecule has 0 saturated carbocycles. The largest absolute Gasteiger partial charge is 0.481 e. The first-order valence-corrected chi connectivity index (χ1v) is 10.9. The van der Waals surface area contributed by atoms with Gasteiger partial charge in [0.25, 0.3) is 5.91 Å². The zero-order chi connectivity index (χ0) is 21.1. The van der Waals surface area contributed by atoms with E-state index in [0.29, 0.717) is 11.4 Å². The van der Waals surface area contributed by atoms with Gasteiger partial charge >= 0.3 is 0 Å². The van der Waals surface area contributed by atoms with Gasteiger partial charge in [-0.3, -0.25) is 9.10 Å². The summed E-state index contributed by atoms with van der Waals surface area (Å²) in [7, 11) is -1.84. The third kappa shape index (κ3) is 5.48. The van der Waals surface area contributed by atoms with Crippen LogP contribution in [-0.4, -0.2) is 33.7 Å². The molecule has 0 bridgehead atoms. The zero-order valence-electron chi connectivity index (χ0n) is 17.2. The van der Waals surface area contributed by atoms with Crippen LogP contribution in [0.5, 0.6) is 5.75 Å². The van der Waals surface area contributed by atoms with E-state index in [1.807, 2.05) is 26.0 Å². The standard InChI is InChI=1S/C21H28N2O4S/c1-14-7-8-18(13-15(14)2)16(3)22-21(24)17(4)27-20-11-9-19(10-12-20)23(5)28(6,25)26/h7-13,16-17H,1-6H3,(H,22,24). The number of rotatable bonds is 7. The lowest BCUT2D eigenvalue weighted by molar-refractivity contribution is -0.127. The van der Waals surface area contributed by atoms with Crippen LogP contribution < -0.4 is 14.4 Å². The van der Waals surface area contributed by atoms with Gasteiger partial charge in [0, 0.05) is 7.05 Å². The molecular formula is C21H28N2O4S. The van der Waals surface area contributed by atoms with Gasteiger partial charge in [-0.15, -0.1) is 0 Å². The van der Waals surface area contributed by atoms with Gasteiger partial charge in [-0.2, -0.15) is 0 Å². The number of aryl methyl sites for hydroxylation is 2. The van der Waals surface area contributed by atoms with Gasteiger partial charge in [0.05, 0.1) is 18.0 Å². The molecule has 0 saturated heterocycles. The number of carbonyl (C=O) groups is 1. The fourth-order valence-electron chi connectivity index (χ4n) is 2.63. The Morgan fingerprint density at radius 3 is 2.18 bits per heavy atom. The first-order chi connectivity index (χ1) is 13.0. The van der Waals surface area contributed by atoms with Crippen LogP contribution in [-0.2, 0) is 14.8 Å². The molecule has 0 aromatic heterocycles. The van der Waals surface area contributed by atoms with Crippen molar-refractivity contribution in [3.05, 3.63) is 59.2 Å². The molecule has 7 heteroatoms. The van der Waals surface area contributed by atoms with E-state index in [-0.39, 0.29) is 11.9 Å². The van der Waals surface area contributed by atoms with Crippen molar-refractivity contribution in [3.8, 4) is 5.75 Å². The van der Waals surface area contributed by atoms with E-state index in [1.165, 1.54) is 22.5 Å². The van der Waals surface area contributed by atoms with Crippen LogP contribution >= 0.6 is 0 Å². The molecule has 0 spiro atoms.